The van der Waals surface area contributed by atoms with E-state index in [1.165, 1.54) is 0 Å². The van der Waals surface area contributed by atoms with Gasteiger partial charge < -0.3 is 15.8 Å². The standard InChI is InChI=1S/C11H22N2O2/c1-11(2,3)15-10(14)13-9-7-5-4-6-8(9)12/h8-9H,4-7,12H2,1-3H3,(H,13,14)/t8?,9-/m0/s1. The molecule has 4 heteroatoms. The number of ether oxygens (including phenoxy) is 1. The summed E-state index contributed by atoms with van der Waals surface area (Å²) in [5, 5.41) is 2.84. The molecule has 2 atom stereocenters. The smallest absolute Gasteiger partial charge is 0.407 e. The summed E-state index contributed by atoms with van der Waals surface area (Å²) in [5.41, 5.74) is 5.48. The van der Waals surface area contributed by atoms with Crippen molar-refractivity contribution in [1.82, 2.24) is 5.32 Å². The van der Waals surface area contributed by atoms with Gasteiger partial charge >= 0.3 is 6.09 Å². The van der Waals surface area contributed by atoms with Crippen LogP contribution in [0.1, 0.15) is 46.5 Å². The highest BCUT2D eigenvalue weighted by molar-refractivity contribution is 5.68. The van der Waals surface area contributed by atoms with Crippen LogP contribution in [0.2, 0.25) is 0 Å². The van der Waals surface area contributed by atoms with Crippen molar-refractivity contribution in [3.05, 3.63) is 0 Å². The minimum atomic E-state index is -0.442. The second-order valence-corrected chi connectivity index (χ2v) is 5.20. The van der Waals surface area contributed by atoms with Gasteiger partial charge in [0.1, 0.15) is 5.60 Å². The van der Waals surface area contributed by atoms with Gasteiger partial charge in [-0.25, -0.2) is 4.79 Å². The summed E-state index contributed by atoms with van der Waals surface area (Å²) in [5.74, 6) is 0. The fourth-order valence-corrected chi connectivity index (χ4v) is 1.80. The molecule has 88 valence electrons. The third-order valence-electron chi connectivity index (χ3n) is 2.52. The maximum Gasteiger partial charge on any atom is 0.407 e. The van der Waals surface area contributed by atoms with Crippen molar-refractivity contribution in [2.45, 2.75) is 64.1 Å². The average Bonchev–Trinajstić information content (AvgIpc) is 2.05. The zero-order valence-corrected chi connectivity index (χ0v) is 9.88. The first-order valence-corrected chi connectivity index (χ1v) is 5.63. The lowest BCUT2D eigenvalue weighted by Gasteiger charge is -2.30. The number of nitrogens with two attached hydrogens (primary N) is 1. The Balaban J connectivity index is 2.36. The van der Waals surface area contributed by atoms with Crippen molar-refractivity contribution >= 4 is 6.09 Å². The Hall–Kier alpha value is -0.770. The highest BCUT2D eigenvalue weighted by atomic mass is 16.6. The number of carbonyl (C=O) groups is 1. The summed E-state index contributed by atoms with van der Waals surface area (Å²) in [6.45, 7) is 5.56. The Morgan fingerprint density at radius 3 is 2.47 bits per heavy atom. The molecule has 0 saturated heterocycles. The van der Waals surface area contributed by atoms with Crippen LogP contribution in [-0.2, 0) is 4.74 Å². The second-order valence-electron chi connectivity index (χ2n) is 5.20. The van der Waals surface area contributed by atoms with Crippen LogP contribution in [0.15, 0.2) is 0 Å². The van der Waals surface area contributed by atoms with Gasteiger partial charge in [-0.05, 0) is 33.6 Å². The molecule has 0 bridgehead atoms. The SMILES string of the molecule is CC(C)(C)OC(=O)N[C@H]1CCCCC1N. The molecule has 1 rings (SSSR count). The van der Waals surface area contributed by atoms with E-state index in [4.69, 9.17) is 10.5 Å². The van der Waals surface area contributed by atoms with Crippen molar-refractivity contribution < 1.29 is 9.53 Å². The maximum atomic E-state index is 11.5. The van der Waals surface area contributed by atoms with Crippen LogP contribution in [0, 0.1) is 0 Å². The molecule has 1 fully saturated rings. The quantitative estimate of drug-likeness (QED) is 0.699. The summed E-state index contributed by atoms with van der Waals surface area (Å²) in [7, 11) is 0. The summed E-state index contributed by atoms with van der Waals surface area (Å²) in [6.07, 6.45) is 3.88. The first-order valence-electron chi connectivity index (χ1n) is 5.63. The van der Waals surface area contributed by atoms with Gasteiger partial charge in [0.05, 0.1) is 0 Å². The summed E-state index contributed by atoms with van der Waals surface area (Å²) in [4.78, 5) is 11.5. The third-order valence-corrected chi connectivity index (χ3v) is 2.52. The molecule has 1 aliphatic rings. The highest BCUT2D eigenvalue weighted by Crippen LogP contribution is 2.17. The number of carbonyl (C=O) groups excluding carboxylic acids is 1. The predicted octanol–water partition coefficient (Wildman–Crippen LogP) is 1.78. The van der Waals surface area contributed by atoms with Gasteiger partial charge in [0.15, 0.2) is 0 Å². The monoisotopic (exact) mass is 214 g/mol. The second kappa shape index (κ2) is 4.84. The van der Waals surface area contributed by atoms with E-state index in [-0.39, 0.29) is 18.2 Å². The van der Waals surface area contributed by atoms with Gasteiger partial charge in [0.25, 0.3) is 0 Å². The van der Waals surface area contributed by atoms with Crippen LogP contribution < -0.4 is 11.1 Å². The van der Waals surface area contributed by atoms with E-state index in [1.807, 2.05) is 20.8 Å². The van der Waals surface area contributed by atoms with Gasteiger partial charge in [-0.1, -0.05) is 12.8 Å². The lowest BCUT2D eigenvalue weighted by Crippen LogP contribution is -2.50. The molecule has 1 aliphatic carbocycles. The van der Waals surface area contributed by atoms with E-state index in [9.17, 15) is 4.79 Å². The van der Waals surface area contributed by atoms with Crippen LogP contribution in [0.3, 0.4) is 0 Å². The lowest BCUT2D eigenvalue weighted by atomic mass is 9.91. The molecule has 1 unspecified atom stereocenters. The zero-order chi connectivity index (χ0) is 11.5. The van der Waals surface area contributed by atoms with E-state index >= 15 is 0 Å². The van der Waals surface area contributed by atoms with Crippen molar-refractivity contribution in [2.24, 2.45) is 5.73 Å². The van der Waals surface area contributed by atoms with Crippen molar-refractivity contribution in [2.75, 3.05) is 0 Å². The molecule has 0 aliphatic heterocycles. The molecule has 0 radical (unpaired) electrons. The maximum absolute atomic E-state index is 11.5. The van der Waals surface area contributed by atoms with E-state index in [0.29, 0.717) is 0 Å². The first kappa shape index (κ1) is 12.3. The fourth-order valence-electron chi connectivity index (χ4n) is 1.80. The first-order chi connectivity index (χ1) is 6.88. The molecule has 0 aromatic carbocycles. The molecule has 4 nitrogen and oxygen atoms in total. The fraction of sp³-hybridized carbons (Fsp3) is 0.909. The van der Waals surface area contributed by atoms with E-state index in [1.54, 1.807) is 0 Å². The van der Waals surface area contributed by atoms with Crippen molar-refractivity contribution in [3.8, 4) is 0 Å². The lowest BCUT2D eigenvalue weighted by molar-refractivity contribution is 0.0486. The van der Waals surface area contributed by atoms with Crippen LogP contribution in [0.4, 0.5) is 4.79 Å². The van der Waals surface area contributed by atoms with Crippen LogP contribution in [-0.4, -0.2) is 23.8 Å². The summed E-state index contributed by atoms with van der Waals surface area (Å²) < 4.78 is 5.18. The Labute approximate surface area is 91.5 Å². The number of hydrogen-bond acceptors (Lipinski definition) is 3. The Morgan fingerprint density at radius 2 is 1.93 bits per heavy atom. The van der Waals surface area contributed by atoms with Gasteiger partial charge in [0, 0.05) is 12.1 Å². The van der Waals surface area contributed by atoms with E-state index in [2.05, 4.69) is 5.32 Å². The van der Waals surface area contributed by atoms with E-state index < -0.39 is 5.60 Å². The summed E-state index contributed by atoms with van der Waals surface area (Å²) >= 11 is 0. The van der Waals surface area contributed by atoms with E-state index in [0.717, 1.165) is 25.7 Å². The van der Waals surface area contributed by atoms with Gasteiger partial charge in [-0.3, -0.25) is 0 Å². The topological polar surface area (TPSA) is 64.3 Å². The molecule has 3 N–H and O–H groups in total. The minimum absolute atomic E-state index is 0.0752. The molecule has 1 amide bonds. The molecule has 15 heavy (non-hydrogen) atoms. The number of rotatable bonds is 1. The highest BCUT2D eigenvalue weighted by Gasteiger charge is 2.25. The molecule has 0 spiro atoms. The minimum Gasteiger partial charge on any atom is -0.444 e. The third kappa shape index (κ3) is 4.51. The molecule has 0 aromatic heterocycles. The van der Waals surface area contributed by atoms with Crippen LogP contribution in [0.5, 0.6) is 0 Å². The largest absolute Gasteiger partial charge is 0.444 e. The molecule has 0 aromatic rings. The molecular weight excluding hydrogens is 192 g/mol. The van der Waals surface area contributed by atoms with Gasteiger partial charge in [-0.2, -0.15) is 0 Å². The molecular formula is C11H22N2O2. The Morgan fingerprint density at radius 1 is 1.33 bits per heavy atom. The molecule has 0 heterocycles. The number of amides is 1. The van der Waals surface area contributed by atoms with Gasteiger partial charge in [0.2, 0.25) is 0 Å². The number of alkyl carbamates (subject to hydrolysis) is 1. The summed E-state index contributed by atoms with van der Waals surface area (Å²) in [6, 6.07) is 0.153. The average molecular weight is 214 g/mol. The van der Waals surface area contributed by atoms with Crippen molar-refractivity contribution in [3.63, 3.8) is 0 Å². The van der Waals surface area contributed by atoms with Crippen LogP contribution in [0.25, 0.3) is 0 Å². The van der Waals surface area contributed by atoms with Crippen LogP contribution >= 0.6 is 0 Å². The van der Waals surface area contributed by atoms with Gasteiger partial charge in [-0.15, -0.1) is 0 Å². The predicted molar refractivity (Wildman–Crippen MR) is 59.6 cm³/mol. The zero-order valence-electron chi connectivity index (χ0n) is 9.88. The number of hydrogen-bond donors (Lipinski definition) is 2. The normalized spacial score (nSPS) is 27.2. The Kier molecular flexibility index (Phi) is 3.97. The Bertz CT molecular complexity index is 223. The van der Waals surface area contributed by atoms with Crippen molar-refractivity contribution in [1.29, 1.82) is 0 Å². The number of nitrogens with one attached hydrogen (secondary N) is 1. The molecule has 1 saturated carbocycles.